The minimum atomic E-state index is -0.319. The van der Waals surface area contributed by atoms with Gasteiger partial charge in [0.25, 0.3) is 0 Å². The van der Waals surface area contributed by atoms with Gasteiger partial charge in [-0.3, -0.25) is 9.59 Å². The summed E-state index contributed by atoms with van der Waals surface area (Å²) in [5.41, 5.74) is 10.6. The summed E-state index contributed by atoms with van der Waals surface area (Å²) in [6, 6.07) is 61.7. The van der Waals surface area contributed by atoms with Crippen LogP contribution in [0.1, 0.15) is 48.4 Å². The van der Waals surface area contributed by atoms with E-state index in [0.29, 0.717) is 25.2 Å². The van der Waals surface area contributed by atoms with Gasteiger partial charge in [0.15, 0.2) is 0 Å². The fourth-order valence-electron chi connectivity index (χ4n) is 6.79. The quantitative estimate of drug-likeness (QED) is 0.0393. The molecule has 0 aliphatic heterocycles. The fourth-order valence-corrected chi connectivity index (χ4v) is 6.79. The second-order valence-corrected chi connectivity index (χ2v) is 14.3. The van der Waals surface area contributed by atoms with Crippen LogP contribution in [0, 0.1) is 0 Å². The molecule has 0 unspecified atom stereocenters. The second-order valence-electron chi connectivity index (χ2n) is 14.3. The molecule has 0 saturated carbocycles. The predicted octanol–water partition coefficient (Wildman–Crippen LogP) is 13.6. The standard InChI is InChI=1S/C54H48N2O5/c1-41(57)60-40-10-9-15-54(58)61-53-38-34-51(35-39-53)56(47-13-7-4-8-14-47)49-30-26-45(27-31-49)23-21-43-18-16-42(17-19-43)20-22-44-24-28-48(29-25-44)55(46-11-5-3-6-12-46)50-32-36-52(59-2)37-33-50/h3-8,11-14,16-39H,9-10,15,40H2,1-2H3/b22-20+,23-21+. The molecular formula is C54H48N2O5. The van der Waals surface area contributed by atoms with Crippen molar-refractivity contribution in [3.63, 3.8) is 0 Å². The van der Waals surface area contributed by atoms with Gasteiger partial charge in [-0.2, -0.15) is 0 Å². The average molecular weight is 805 g/mol. The summed E-state index contributed by atoms with van der Waals surface area (Å²) in [6.45, 7) is 1.68. The number of carbonyl (C=O) groups excluding carboxylic acids is 2. The van der Waals surface area contributed by atoms with E-state index in [1.807, 2.05) is 60.7 Å². The molecule has 0 aliphatic rings. The minimum absolute atomic E-state index is 0.252. The lowest BCUT2D eigenvalue weighted by Crippen LogP contribution is -2.11. The number of unbranched alkanes of at least 4 members (excludes halogenated alkanes) is 1. The van der Waals surface area contributed by atoms with Gasteiger partial charge in [0.1, 0.15) is 11.5 Å². The first-order valence-electron chi connectivity index (χ1n) is 20.4. The first-order chi connectivity index (χ1) is 29.9. The Kier molecular flexibility index (Phi) is 14.2. The van der Waals surface area contributed by atoms with Gasteiger partial charge in [-0.25, -0.2) is 0 Å². The number of hydrogen-bond acceptors (Lipinski definition) is 7. The monoisotopic (exact) mass is 804 g/mol. The number of nitrogens with zero attached hydrogens (tertiary/aromatic N) is 2. The normalized spacial score (nSPS) is 11.0. The van der Waals surface area contributed by atoms with Crippen molar-refractivity contribution in [3.05, 3.63) is 204 Å². The van der Waals surface area contributed by atoms with Gasteiger partial charge < -0.3 is 24.0 Å². The molecule has 0 radical (unpaired) electrons. The maximum atomic E-state index is 12.4. The van der Waals surface area contributed by atoms with Crippen LogP contribution in [0.4, 0.5) is 34.1 Å². The van der Waals surface area contributed by atoms with E-state index >= 15 is 0 Å². The van der Waals surface area contributed by atoms with Crippen LogP contribution in [0.3, 0.4) is 0 Å². The summed E-state index contributed by atoms with van der Waals surface area (Å²) in [7, 11) is 1.68. The van der Waals surface area contributed by atoms with Crippen LogP contribution in [0.15, 0.2) is 182 Å². The predicted molar refractivity (Wildman–Crippen MR) is 249 cm³/mol. The Morgan fingerprint density at radius 2 is 0.787 bits per heavy atom. The van der Waals surface area contributed by atoms with E-state index in [1.54, 1.807) is 7.11 Å². The lowest BCUT2D eigenvalue weighted by Gasteiger charge is -2.25. The molecule has 0 N–H and O–H groups in total. The van der Waals surface area contributed by atoms with Crippen molar-refractivity contribution in [1.82, 2.24) is 0 Å². The van der Waals surface area contributed by atoms with Crippen LogP contribution in [0.25, 0.3) is 24.3 Å². The van der Waals surface area contributed by atoms with Crippen molar-refractivity contribution < 1.29 is 23.8 Å². The molecule has 304 valence electrons. The highest BCUT2D eigenvalue weighted by Crippen LogP contribution is 2.37. The molecule has 0 aliphatic carbocycles. The molecule has 61 heavy (non-hydrogen) atoms. The molecule has 0 saturated heterocycles. The highest BCUT2D eigenvalue weighted by molar-refractivity contribution is 5.81. The number of ether oxygens (including phenoxy) is 3. The molecule has 7 nitrogen and oxygen atoms in total. The van der Waals surface area contributed by atoms with Crippen LogP contribution in [0.5, 0.6) is 11.5 Å². The lowest BCUT2D eigenvalue weighted by molar-refractivity contribution is -0.141. The zero-order valence-corrected chi connectivity index (χ0v) is 34.4. The highest BCUT2D eigenvalue weighted by atomic mass is 16.5. The number of rotatable bonds is 17. The topological polar surface area (TPSA) is 68.3 Å². The van der Waals surface area contributed by atoms with Gasteiger partial charge in [0.2, 0.25) is 0 Å². The molecule has 0 atom stereocenters. The van der Waals surface area contributed by atoms with E-state index in [1.165, 1.54) is 6.92 Å². The first-order valence-corrected chi connectivity index (χ1v) is 20.4. The van der Waals surface area contributed by atoms with Crippen LogP contribution >= 0.6 is 0 Å². The molecule has 0 bridgehead atoms. The SMILES string of the molecule is COc1ccc(N(c2ccccc2)c2ccc(/C=C/c3ccc(/C=C/c4ccc(N(c5ccccc5)c5ccc(OC(=O)CCCCOC(C)=O)cc5)cc4)cc3)cc2)cc1. The summed E-state index contributed by atoms with van der Waals surface area (Å²) in [4.78, 5) is 27.7. The van der Waals surface area contributed by atoms with Gasteiger partial charge in [-0.15, -0.1) is 0 Å². The Labute approximate surface area is 358 Å². The summed E-state index contributed by atoms with van der Waals surface area (Å²) < 4.78 is 15.9. The number of hydrogen-bond donors (Lipinski definition) is 0. The van der Waals surface area contributed by atoms with Gasteiger partial charge >= 0.3 is 11.9 Å². The summed E-state index contributed by atoms with van der Waals surface area (Å²) in [6.07, 6.45) is 9.96. The smallest absolute Gasteiger partial charge is 0.311 e. The number of carbonyl (C=O) groups is 2. The fraction of sp³-hybridized carbons (Fsp3) is 0.111. The Balaban J connectivity index is 0.968. The third-order valence-electron chi connectivity index (χ3n) is 9.94. The van der Waals surface area contributed by atoms with Crippen LogP contribution in [-0.4, -0.2) is 25.7 Å². The molecule has 0 spiro atoms. The van der Waals surface area contributed by atoms with E-state index < -0.39 is 0 Å². The molecule has 0 fully saturated rings. The third-order valence-corrected chi connectivity index (χ3v) is 9.94. The first kappa shape index (κ1) is 41.5. The van der Waals surface area contributed by atoms with Crippen LogP contribution in [-0.2, 0) is 14.3 Å². The van der Waals surface area contributed by atoms with Crippen molar-refractivity contribution >= 4 is 70.4 Å². The third kappa shape index (κ3) is 11.7. The lowest BCUT2D eigenvalue weighted by atomic mass is 10.1. The van der Waals surface area contributed by atoms with E-state index in [9.17, 15) is 9.59 Å². The molecule has 0 amide bonds. The summed E-state index contributed by atoms with van der Waals surface area (Å²) >= 11 is 0. The molecule has 7 aromatic carbocycles. The highest BCUT2D eigenvalue weighted by Gasteiger charge is 2.14. The molecule has 0 aromatic heterocycles. The van der Waals surface area contributed by atoms with Gasteiger partial charge in [-0.05, 0) is 132 Å². The van der Waals surface area contributed by atoms with Crippen molar-refractivity contribution in [2.75, 3.05) is 23.5 Å². The largest absolute Gasteiger partial charge is 0.497 e. The van der Waals surface area contributed by atoms with Gasteiger partial charge in [0.05, 0.1) is 13.7 Å². The number of para-hydroxylation sites is 2. The zero-order chi connectivity index (χ0) is 42.2. The van der Waals surface area contributed by atoms with Crippen LogP contribution in [0.2, 0.25) is 0 Å². The van der Waals surface area contributed by atoms with Crippen molar-refractivity contribution in [2.45, 2.75) is 26.2 Å². The molecule has 0 heterocycles. The van der Waals surface area contributed by atoms with Gasteiger partial charge in [-0.1, -0.05) is 109 Å². The van der Waals surface area contributed by atoms with E-state index in [0.717, 1.165) is 62.1 Å². The van der Waals surface area contributed by atoms with Crippen molar-refractivity contribution in [1.29, 1.82) is 0 Å². The summed E-state index contributed by atoms with van der Waals surface area (Å²) in [5.74, 6) is 0.670. The van der Waals surface area contributed by atoms with E-state index in [2.05, 4.69) is 155 Å². The number of methoxy groups -OCH3 is 1. The second kappa shape index (κ2) is 20.9. The maximum absolute atomic E-state index is 12.4. The van der Waals surface area contributed by atoms with Crippen LogP contribution < -0.4 is 19.3 Å². The Morgan fingerprint density at radius 3 is 1.16 bits per heavy atom. The average Bonchev–Trinajstić information content (AvgIpc) is 3.30. The van der Waals surface area contributed by atoms with Crippen molar-refractivity contribution in [3.8, 4) is 11.5 Å². The van der Waals surface area contributed by atoms with Gasteiger partial charge in [0, 0.05) is 47.5 Å². The van der Waals surface area contributed by atoms with E-state index in [-0.39, 0.29) is 18.4 Å². The molecular weight excluding hydrogens is 757 g/mol. The molecule has 7 rings (SSSR count). The van der Waals surface area contributed by atoms with Crippen molar-refractivity contribution in [2.24, 2.45) is 0 Å². The Hall–Kier alpha value is -7.64. The maximum Gasteiger partial charge on any atom is 0.311 e. The zero-order valence-electron chi connectivity index (χ0n) is 34.4. The number of benzene rings is 7. The Bertz CT molecular complexity index is 2520. The number of esters is 2. The minimum Gasteiger partial charge on any atom is -0.497 e. The van der Waals surface area contributed by atoms with E-state index in [4.69, 9.17) is 14.2 Å². The molecule has 7 heteroatoms. The number of anilines is 6. The Morgan fingerprint density at radius 1 is 0.443 bits per heavy atom. The molecule has 7 aromatic rings. The summed E-state index contributed by atoms with van der Waals surface area (Å²) in [5, 5.41) is 0.